The Morgan fingerprint density at radius 1 is 0.905 bits per heavy atom. The Labute approximate surface area is 246 Å². The fourth-order valence-corrected chi connectivity index (χ4v) is 5.46. The molecule has 0 aliphatic rings. The number of hydrogen-bond acceptors (Lipinski definition) is 7. The molecule has 42 heavy (non-hydrogen) atoms. The van der Waals surface area contributed by atoms with E-state index in [9.17, 15) is 9.59 Å². The molecular weight excluding hydrogens is 555 g/mol. The molecule has 2 amide bonds. The molecule has 0 unspecified atom stereocenters. The number of nitrogens with zero attached hydrogens (tertiary/aromatic N) is 2. The summed E-state index contributed by atoms with van der Waals surface area (Å²) in [5.41, 5.74) is 3.68. The van der Waals surface area contributed by atoms with Gasteiger partial charge in [0.05, 0.1) is 23.0 Å². The standard InChI is InChI=1S/C32H29FN4O4S/c1-37(2)19-20-7-6-8-21(15-20)29-17-25-32(42-29)28(13-14-34-25)41-26-12-11-22(16-23(26)33)35-30(38)18-31(39)36-24-9-4-5-10-27(24)40-3/h4-17H,18-19H2,1-3H3,(H,35,38)(H,36,39). The summed E-state index contributed by atoms with van der Waals surface area (Å²) in [4.78, 5) is 32.4. The molecule has 2 N–H and O–H groups in total. The number of fused-ring (bicyclic) bond motifs is 1. The van der Waals surface area contributed by atoms with E-state index in [0.29, 0.717) is 17.2 Å². The second kappa shape index (κ2) is 12.8. The van der Waals surface area contributed by atoms with Crippen LogP contribution in [0.4, 0.5) is 15.8 Å². The van der Waals surface area contributed by atoms with Crippen LogP contribution in [0.5, 0.6) is 17.2 Å². The Morgan fingerprint density at radius 3 is 2.50 bits per heavy atom. The van der Waals surface area contributed by atoms with Gasteiger partial charge in [0.1, 0.15) is 17.9 Å². The molecule has 8 nitrogen and oxygen atoms in total. The van der Waals surface area contributed by atoms with Crippen molar-refractivity contribution >= 4 is 44.7 Å². The summed E-state index contributed by atoms with van der Waals surface area (Å²) in [6.45, 7) is 0.831. The summed E-state index contributed by atoms with van der Waals surface area (Å²) in [5, 5.41) is 5.19. The lowest BCUT2D eigenvalue weighted by atomic mass is 10.1. The van der Waals surface area contributed by atoms with Crippen LogP contribution in [-0.2, 0) is 16.1 Å². The first-order valence-electron chi connectivity index (χ1n) is 13.1. The van der Waals surface area contributed by atoms with E-state index in [1.54, 1.807) is 36.5 Å². The van der Waals surface area contributed by atoms with Gasteiger partial charge in [0, 0.05) is 35.4 Å². The van der Waals surface area contributed by atoms with Crippen LogP contribution in [-0.4, -0.2) is 42.9 Å². The van der Waals surface area contributed by atoms with Gasteiger partial charge < -0.3 is 25.0 Å². The van der Waals surface area contributed by atoms with Gasteiger partial charge in [0.2, 0.25) is 11.8 Å². The molecule has 3 aromatic carbocycles. The van der Waals surface area contributed by atoms with Gasteiger partial charge in [0.25, 0.3) is 0 Å². The average molecular weight is 585 g/mol. The van der Waals surface area contributed by atoms with Crippen LogP contribution in [0.25, 0.3) is 20.7 Å². The molecule has 214 valence electrons. The van der Waals surface area contributed by atoms with Crippen molar-refractivity contribution in [1.29, 1.82) is 0 Å². The van der Waals surface area contributed by atoms with Gasteiger partial charge >= 0.3 is 0 Å². The zero-order valence-corrected chi connectivity index (χ0v) is 24.1. The average Bonchev–Trinajstić information content (AvgIpc) is 3.40. The maximum atomic E-state index is 15.1. The Hall–Kier alpha value is -4.80. The molecule has 0 atom stereocenters. The summed E-state index contributed by atoms with van der Waals surface area (Å²) >= 11 is 1.52. The van der Waals surface area contributed by atoms with Gasteiger partial charge in [-0.25, -0.2) is 4.39 Å². The molecule has 0 radical (unpaired) electrons. The fourth-order valence-electron chi connectivity index (χ4n) is 4.40. The van der Waals surface area contributed by atoms with Crippen molar-refractivity contribution in [2.45, 2.75) is 13.0 Å². The highest BCUT2D eigenvalue weighted by Gasteiger charge is 2.16. The van der Waals surface area contributed by atoms with Crippen molar-refractivity contribution in [1.82, 2.24) is 9.88 Å². The number of benzene rings is 3. The summed E-state index contributed by atoms with van der Waals surface area (Å²) in [6.07, 6.45) is 1.17. The van der Waals surface area contributed by atoms with Gasteiger partial charge in [0.15, 0.2) is 11.6 Å². The molecular formula is C32H29FN4O4S. The lowest BCUT2D eigenvalue weighted by Gasteiger charge is -2.11. The van der Waals surface area contributed by atoms with Gasteiger partial charge in [-0.1, -0.05) is 30.3 Å². The number of thiophene rings is 1. The number of para-hydroxylation sites is 2. The highest BCUT2D eigenvalue weighted by Crippen LogP contribution is 2.40. The van der Waals surface area contributed by atoms with Crippen LogP contribution in [0.15, 0.2) is 85.1 Å². The third kappa shape index (κ3) is 6.91. The Balaban J connectivity index is 1.26. The molecule has 0 aliphatic carbocycles. The zero-order chi connectivity index (χ0) is 29.6. The maximum Gasteiger partial charge on any atom is 0.233 e. The molecule has 0 spiro atoms. The number of anilines is 2. The van der Waals surface area contributed by atoms with Crippen LogP contribution >= 0.6 is 11.3 Å². The number of halogens is 1. The van der Waals surface area contributed by atoms with E-state index in [-0.39, 0.29) is 11.4 Å². The van der Waals surface area contributed by atoms with E-state index >= 15 is 4.39 Å². The molecule has 5 rings (SSSR count). The van der Waals surface area contributed by atoms with Crippen molar-refractivity contribution in [2.24, 2.45) is 0 Å². The molecule has 0 fully saturated rings. The van der Waals surface area contributed by atoms with Crippen LogP contribution in [0, 0.1) is 5.82 Å². The van der Waals surface area contributed by atoms with Gasteiger partial charge in [-0.05, 0) is 61.6 Å². The van der Waals surface area contributed by atoms with Gasteiger partial charge in [-0.3, -0.25) is 14.6 Å². The molecule has 0 bridgehead atoms. The second-order valence-corrected chi connectivity index (χ2v) is 10.8. The summed E-state index contributed by atoms with van der Waals surface area (Å²) < 4.78 is 27.0. The smallest absolute Gasteiger partial charge is 0.233 e. The Morgan fingerprint density at radius 2 is 1.71 bits per heavy atom. The van der Waals surface area contributed by atoms with Crippen molar-refractivity contribution < 1.29 is 23.5 Å². The fraction of sp³-hybridized carbons (Fsp3) is 0.156. The van der Waals surface area contributed by atoms with E-state index in [4.69, 9.17) is 9.47 Å². The van der Waals surface area contributed by atoms with Crippen LogP contribution in [0.3, 0.4) is 0 Å². The maximum absolute atomic E-state index is 15.1. The highest BCUT2D eigenvalue weighted by atomic mass is 32.1. The number of rotatable bonds is 10. The van der Waals surface area contributed by atoms with E-state index in [1.807, 2.05) is 26.2 Å². The van der Waals surface area contributed by atoms with Crippen LogP contribution in [0.1, 0.15) is 12.0 Å². The third-order valence-corrected chi connectivity index (χ3v) is 7.41. The van der Waals surface area contributed by atoms with Crippen molar-refractivity contribution in [3.63, 3.8) is 0 Å². The number of amides is 2. The van der Waals surface area contributed by atoms with E-state index in [2.05, 4.69) is 38.7 Å². The first kappa shape index (κ1) is 28.7. The van der Waals surface area contributed by atoms with Gasteiger partial charge in [-0.15, -0.1) is 11.3 Å². The minimum Gasteiger partial charge on any atom is -0.495 e. The molecule has 5 aromatic rings. The SMILES string of the molecule is COc1ccccc1NC(=O)CC(=O)Nc1ccc(Oc2ccnc3cc(-c4cccc(CN(C)C)c4)sc23)c(F)c1. The Kier molecular flexibility index (Phi) is 8.75. The number of carbonyl (C=O) groups is 2. The topological polar surface area (TPSA) is 92.8 Å². The van der Waals surface area contributed by atoms with E-state index in [0.717, 1.165) is 33.3 Å². The Bertz CT molecular complexity index is 1750. The number of methoxy groups -OCH3 is 1. The number of hydrogen-bond donors (Lipinski definition) is 2. The van der Waals surface area contributed by atoms with Crippen molar-refractivity contribution in [3.05, 3.63) is 96.4 Å². The lowest BCUT2D eigenvalue weighted by Crippen LogP contribution is -2.21. The first-order valence-corrected chi connectivity index (χ1v) is 13.9. The minimum atomic E-state index is -0.663. The second-order valence-electron chi connectivity index (χ2n) is 9.79. The molecule has 0 saturated heterocycles. The third-order valence-electron chi connectivity index (χ3n) is 6.22. The number of pyridine rings is 1. The number of carbonyl (C=O) groups excluding carboxylic acids is 2. The van der Waals surface area contributed by atoms with Crippen LogP contribution in [0.2, 0.25) is 0 Å². The quantitative estimate of drug-likeness (QED) is 0.173. The minimum absolute atomic E-state index is 0.00246. The molecule has 0 saturated carbocycles. The lowest BCUT2D eigenvalue weighted by molar-refractivity contribution is -0.123. The normalized spacial score (nSPS) is 11.0. The van der Waals surface area contributed by atoms with Crippen molar-refractivity contribution in [2.75, 3.05) is 31.8 Å². The summed E-state index contributed by atoms with van der Waals surface area (Å²) in [5.74, 6) is -0.833. The largest absolute Gasteiger partial charge is 0.495 e. The molecule has 10 heteroatoms. The van der Waals surface area contributed by atoms with E-state index < -0.39 is 24.1 Å². The first-order chi connectivity index (χ1) is 20.3. The predicted octanol–water partition coefficient (Wildman–Crippen LogP) is 6.93. The zero-order valence-electron chi connectivity index (χ0n) is 23.3. The predicted molar refractivity (Wildman–Crippen MR) is 164 cm³/mol. The van der Waals surface area contributed by atoms with Crippen LogP contribution < -0.4 is 20.1 Å². The number of aromatic nitrogens is 1. The molecule has 2 aromatic heterocycles. The number of ether oxygens (including phenoxy) is 2. The highest BCUT2D eigenvalue weighted by molar-refractivity contribution is 7.22. The monoisotopic (exact) mass is 584 g/mol. The summed E-state index contributed by atoms with van der Waals surface area (Å²) in [6, 6.07) is 23.0. The van der Waals surface area contributed by atoms with Crippen molar-refractivity contribution in [3.8, 4) is 27.7 Å². The summed E-state index contributed by atoms with van der Waals surface area (Å²) in [7, 11) is 5.55. The number of nitrogens with one attached hydrogen (secondary N) is 2. The molecule has 0 aliphatic heterocycles. The van der Waals surface area contributed by atoms with Gasteiger partial charge in [-0.2, -0.15) is 0 Å². The van der Waals surface area contributed by atoms with E-state index in [1.165, 1.54) is 36.1 Å². The molecule has 2 heterocycles.